The Morgan fingerprint density at radius 2 is 1.78 bits per heavy atom. The fourth-order valence-electron chi connectivity index (χ4n) is 2.90. The van der Waals surface area contributed by atoms with E-state index in [1.807, 2.05) is 12.2 Å². The van der Waals surface area contributed by atoms with E-state index < -0.39 is 0 Å². The van der Waals surface area contributed by atoms with Gasteiger partial charge in [0.15, 0.2) is 0 Å². The minimum atomic E-state index is -0.248. The summed E-state index contributed by atoms with van der Waals surface area (Å²) in [5.41, 5.74) is 5.39. The molecule has 0 saturated heterocycles. The summed E-state index contributed by atoms with van der Waals surface area (Å²) in [5, 5.41) is 0. The molecule has 0 aliphatic heterocycles. The van der Waals surface area contributed by atoms with Crippen molar-refractivity contribution in [2.45, 2.75) is 47.0 Å². The lowest BCUT2D eigenvalue weighted by Gasteiger charge is -2.17. The first-order chi connectivity index (χ1) is 12.8. The van der Waals surface area contributed by atoms with E-state index in [1.54, 1.807) is 12.1 Å². The predicted molar refractivity (Wildman–Crippen MR) is 112 cm³/mol. The normalized spacial score (nSPS) is 13.6. The third-order valence-corrected chi connectivity index (χ3v) is 4.84. The molecule has 146 valence electrons. The van der Waals surface area contributed by atoms with E-state index in [0.29, 0.717) is 6.61 Å². The Balaban J connectivity index is 2.77. The molecule has 0 radical (unpaired) electrons. The summed E-state index contributed by atoms with van der Waals surface area (Å²) in [6.45, 7) is 16.3. The van der Waals surface area contributed by atoms with Crippen LogP contribution in [-0.4, -0.2) is 12.6 Å². The maximum atomic E-state index is 13.1. The number of unbranched alkanes of at least 4 members (excludes halogenated alkanes) is 1. The highest BCUT2D eigenvalue weighted by atomic mass is 19.1. The third-order valence-electron chi connectivity index (χ3n) is 4.84. The molecule has 0 saturated carbocycles. The molecule has 0 bridgehead atoms. The molecule has 0 amide bonds. The highest BCUT2D eigenvalue weighted by molar-refractivity contribution is 5.73. The number of rotatable bonds is 10. The van der Waals surface area contributed by atoms with Gasteiger partial charge >= 0.3 is 5.97 Å². The molecule has 1 unspecified atom stereocenters. The standard InChI is InChI=1S/C24H31FO2/c1-7-22(10-8-9-15-27-21(6)26)20(5)19(4)17(2)16-18(3)23-11-13-24(25)14-12-23/h7,11-14,16,22H,1,3,8-10,15H2,2,4-6H3/b17-16-,20-19+. The topological polar surface area (TPSA) is 26.3 Å². The summed E-state index contributed by atoms with van der Waals surface area (Å²) in [4.78, 5) is 10.8. The molecule has 0 spiro atoms. The van der Waals surface area contributed by atoms with E-state index >= 15 is 0 Å². The van der Waals surface area contributed by atoms with Crippen LogP contribution in [0, 0.1) is 11.7 Å². The largest absolute Gasteiger partial charge is 0.466 e. The molecular formula is C24H31FO2. The van der Waals surface area contributed by atoms with Crippen molar-refractivity contribution in [2.75, 3.05) is 6.61 Å². The Morgan fingerprint density at radius 1 is 1.15 bits per heavy atom. The first-order valence-corrected chi connectivity index (χ1v) is 9.33. The molecule has 27 heavy (non-hydrogen) atoms. The van der Waals surface area contributed by atoms with Crippen LogP contribution in [0.5, 0.6) is 0 Å². The van der Waals surface area contributed by atoms with E-state index in [0.717, 1.165) is 36.0 Å². The number of allylic oxidation sites excluding steroid dienone is 6. The second-order valence-electron chi connectivity index (χ2n) is 6.85. The molecule has 1 aromatic carbocycles. The highest BCUT2D eigenvalue weighted by Gasteiger charge is 2.11. The summed E-state index contributed by atoms with van der Waals surface area (Å²) in [7, 11) is 0. The Kier molecular flexibility index (Phi) is 9.49. The van der Waals surface area contributed by atoms with E-state index in [1.165, 1.54) is 30.2 Å². The molecule has 1 aromatic rings. The zero-order valence-electron chi connectivity index (χ0n) is 17.0. The van der Waals surface area contributed by atoms with Crippen molar-refractivity contribution in [1.29, 1.82) is 0 Å². The van der Waals surface area contributed by atoms with Gasteiger partial charge < -0.3 is 4.74 Å². The lowest BCUT2D eigenvalue weighted by Crippen LogP contribution is -2.04. The molecule has 1 atom stereocenters. The number of carbonyl (C=O) groups is 1. The predicted octanol–water partition coefficient (Wildman–Crippen LogP) is 6.66. The van der Waals surface area contributed by atoms with E-state index in [-0.39, 0.29) is 17.7 Å². The van der Waals surface area contributed by atoms with Gasteiger partial charge in [-0.15, -0.1) is 6.58 Å². The quantitative estimate of drug-likeness (QED) is 0.199. The van der Waals surface area contributed by atoms with Gasteiger partial charge in [0, 0.05) is 6.92 Å². The molecular weight excluding hydrogens is 339 g/mol. The zero-order chi connectivity index (χ0) is 20.4. The van der Waals surface area contributed by atoms with Crippen molar-refractivity contribution >= 4 is 11.5 Å². The molecule has 0 aromatic heterocycles. The summed E-state index contributed by atoms with van der Waals surface area (Å²) in [6.07, 6.45) is 6.81. The Hall–Kier alpha value is -2.42. The Bertz CT molecular complexity index is 723. The van der Waals surface area contributed by atoms with Gasteiger partial charge in [-0.2, -0.15) is 0 Å². The van der Waals surface area contributed by atoms with Gasteiger partial charge in [0.05, 0.1) is 6.61 Å². The number of esters is 1. The van der Waals surface area contributed by atoms with Gasteiger partial charge in [0.2, 0.25) is 0 Å². The number of halogens is 1. The number of hydrogen-bond acceptors (Lipinski definition) is 2. The number of benzene rings is 1. The van der Waals surface area contributed by atoms with Gasteiger partial charge in [0.25, 0.3) is 0 Å². The minimum absolute atomic E-state index is 0.232. The van der Waals surface area contributed by atoms with E-state index in [2.05, 4.69) is 33.9 Å². The van der Waals surface area contributed by atoms with Crippen LogP contribution in [0.15, 0.2) is 66.3 Å². The smallest absolute Gasteiger partial charge is 0.302 e. The number of carbonyl (C=O) groups excluding carboxylic acids is 1. The second kappa shape index (κ2) is 11.3. The van der Waals surface area contributed by atoms with Crippen LogP contribution in [0.2, 0.25) is 0 Å². The first-order valence-electron chi connectivity index (χ1n) is 9.33. The highest BCUT2D eigenvalue weighted by Crippen LogP contribution is 2.27. The molecule has 0 aliphatic rings. The molecule has 0 heterocycles. The van der Waals surface area contributed by atoms with Crippen molar-refractivity contribution in [3.63, 3.8) is 0 Å². The summed E-state index contributed by atoms with van der Waals surface area (Å²) in [6, 6.07) is 6.37. The van der Waals surface area contributed by atoms with Gasteiger partial charge in [-0.05, 0) is 80.4 Å². The summed E-state index contributed by atoms with van der Waals surface area (Å²) >= 11 is 0. The molecule has 0 aliphatic carbocycles. The average molecular weight is 371 g/mol. The monoisotopic (exact) mass is 370 g/mol. The van der Waals surface area contributed by atoms with Crippen LogP contribution in [0.25, 0.3) is 5.57 Å². The SMILES string of the molecule is C=CC(CCCCOC(C)=O)/C(C)=C(C)/C(C)=C\C(=C)c1ccc(F)cc1. The van der Waals surface area contributed by atoms with Crippen molar-refractivity contribution in [1.82, 2.24) is 0 Å². The number of ether oxygens (including phenoxy) is 1. The van der Waals surface area contributed by atoms with Gasteiger partial charge in [-0.1, -0.05) is 36.4 Å². The molecule has 1 rings (SSSR count). The van der Waals surface area contributed by atoms with Crippen LogP contribution in [0.1, 0.15) is 52.5 Å². The number of hydrogen-bond donors (Lipinski definition) is 0. The fourth-order valence-corrected chi connectivity index (χ4v) is 2.90. The maximum Gasteiger partial charge on any atom is 0.302 e. The summed E-state index contributed by atoms with van der Waals surface area (Å²) in [5.74, 6) is -0.198. The molecule has 0 fully saturated rings. The zero-order valence-corrected chi connectivity index (χ0v) is 17.0. The lowest BCUT2D eigenvalue weighted by atomic mass is 9.88. The Morgan fingerprint density at radius 3 is 2.33 bits per heavy atom. The van der Waals surface area contributed by atoms with E-state index in [4.69, 9.17) is 4.74 Å². The fraction of sp³-hybridized carbons (Fsp3) is 0.375. The lowest BCUT2D eigenvalue weighted by molar-refractivity contribution is -0.141. The second-order valence-corrected chi connectivity index (χ2v) is 6.85. The first kappa shape index (κ1) is 22.6. The van der Waals surface area contributed by atoms with E-state index in [9.17, 15) is 9.18 Å². The van der Waals surface area contributed by atoms with Crippen molar-refractivity contribution in [2.24, 2.45) is 5.92 Å². The van der Waals surface area contributed by atoms with Crippen LogP contribution >= 0.6 is 0 Å². The minimum Gasteiger partial charge on any atom is -0.466 e. The summed E-state index contributed by atoms with van der Waals surface area (Å²) < 4.78 is 18.1. The van der Waals surface area contributed by atoms with Crippen LogP contribution < -0.4 is 0 Å². The average Bonchev–Trinajstić information content (AvgIpc) is 2.63. The van der Waals surface area contributed by atoms with Gasteiger partial charge in [-0.3, -0.25) is 4.79 Å². The van der Waals surface area contributed by atoms with Crippen molar-refractivity contribution in [3.05, 3.63) is 77.7 Å². The molecule has 0 N–H and O–H groups in total. The molecule has 2 nitrogen and oxygen atoms in total. The van der Waals surface area contributed by atoms with Gasteiger partial charge in [0.1, 0.15) is 5.82 Å². The Labute approximate surface area is 163 Å². The van der Waals surface area contributed by atoms with Gasteiger partial charge in [-0.25, -0.2) is 4.39 Å². The third kappa shape index (κ3) is 7.78. The maximum absolute atomic E-state index is 13.1. The van der Waals surface area contributed by atoms with Crippen LogP contribution in [0.3, 0.4) is 0 Å². The van der Waals surface area contributed by atoms with Crippen molar-refractivity contribution in [3.8, 4) is 0 Å². The molecule has 3 heteroatoms. The van der Waals surface area contributed by atoms with Crippen LogP contribution in [0.4, 0.5) is 4.39 Å². The van der Waals surface area contributed by atoms with Crippen molar-refractivity contribution < 1.29 is 13.9 Å². The van der Waals surface area contributed by atoms with Crippen LogP contribution in [-0.2, 0) is 9.53 Å².